The van der Waals surface area contributed by atoms with Gasteiger partial charge in [-0.25, -0.2) is 4.79 Å². The lowest BCUT2D eigenvalue weighted by atomic mass is 9.82. The SMILES string of the molecule is COC(=O)c1c(N)c(C#N)cn1-c1c(C)ccc2c1C(=O)c1ccccc1C2=O. The largest absolute Gasteiger partial charge is 0.464 e. The molecule has 1 aromatic heterocycles. The van der Waals surface area contributed by atoms with E-state index in [9.17, 15) is 19.6 Å². The Morgan fingerprint density at radius 1 is 1.07 bits per heavy atom. The van der Waals surface area contributed by atoms with Crippen LogP contribution in [0.4, 0.5) is 5.69 Å². The predicted octanol–water partition coefficient (Wildman–Crippen LogP) is 2.80. The van der Waals surface area contributed by atoms with Crippen molar-refractivity contribution >= 4 is 23.2 Å². The first-order chi connectivity index (χ1) is 13.9. The molecule has 0 saturated heterocycles. The smallest absolute Gasteiger partial charge is 0.357 e. The number of carbonyl (C=O) groups is 3. The van der Waals surface area contributed by atoms with E-state index in [4.69, 9.17) is 10.5 Å². The number of nitrogens with zero attached hydrogens (tertiary/aromatic N) is 2. The van der Waals surface area contributed by atoms with E-state index in [1.54, 1.807) is 43.3 Å². The summed E-state index contributed by atoms with van der Waals surface area (Å²) in [7, 11) is 1.20. The molecule has 1 aliphatic rings. The summed E-state index contributed by atoms with van der Waals surface area (Å²) < 4.78 is 6.19. The first-order valence-electron chi connectivity index (χ1n) is 8.72. The standard InChI is InChI=1S/C22H15N3O4/c1-11-7-8-15-16(21(27)14-6-4-3-5-13(14)20(15)26)18(11)25-10-12(9-23)17(24)19(25)22(28)29-2/h3-8,10H,24H2,1-2H3. The van der Waals surface area contributed by atoms with E-state index in [1.807, 2.05) is 6.07 Å². The van der Waals surface area contributed by atoms with Gasteiger partial charge < -0.3 is 15.0 Å². The van der Waals surface area contributed by atoms with Crippen LogP contribution in [-0.2, 0) is 4.74 Å². The molecule has 142 valence electrons. The van der Waals surface area contributed by atoms with Crippen LogP contribution in [0.2, 0.25) is 0 Å². The normalized spacial score (nSPS) is 12.2. The zero-order valence-corrected chi connectivity index (χ0v) is 15.6. The van der Waals surface area contributed by atoms with Crippen molar-refractivity contribution < 1.29 is 19.1 Å². The Bertz CT molecular complexity index is 1280. The van der Waals surface area contributed by atoms with Crippen molar-refractivity contribution in [3.05, 3.63) is 81.7 Å². The quantitative estimate of drug-likeness (QED) is 0.531. The number of ether oxygens (including phenoxy) is 1. The second-order valence-corrected chi connectivity index (χ2v) is 6.64. The van der Waals surface area contributed by atoms with Crippen LogP contribution < -0.4 is 5.73 Å². The van der Waals surface area contributed by atoms with Gasteiger partial charge in [-0.15, -0.1) is 0 Å². The van der Waals surface area contributed by atoms with Crippen molar-refractivity contribution in [2.45, 2.75) is 6.92 Å². The summed E-state index contributed by atoms with van der Waals surface area (Å²) >= 11 is 0. The number of nitriles is 1. The van der Waals surface area contributed by atoms with Crippen molar-refractivity contribution in [2.24, 2.45) is 0 Å². The molecule has 29 heavy (non-hydrogen) atoms. The summed E-state index contributed by atoms with van der Waals surface area (Å²) in [6.45, 7) is 1.75. The molecular weight excluding hydrogens is 370 g/mol. The maximum atomic E-state index is 13.3. The summed E-state index contributed by atoms with van der Waals surface area (Å²) in [4.78, 5) is 38.8. The number of aromatic nitrogens is 1. The molecule has 7 heteroatoms. The van der Waals surface area contributed by atoms with Gasteiger partial charge in [-0.3, -0.25) is 9.59 Å². The fraction of sp³-hybridized carbons (Fsp3) is 0.0909. The molecule has 7 nitrogen and oxygen atoms in total. The molecule has 1 aliphatic carbocycles. The van der Waals surface area contributed by atoms with E-state index in [1.165, 1.54) is 17.9 Å². The molecule has 0 aliphatic heterocycles. The maximum Gasteiger partial charge on any atom is 0.357 e. The third kappa shape index (κ3) is 2.47. The third-order valence-electron chi connectivity index (χ3n) is 5.05. The molecule has 3 aromatic rings. The first-order valence-corrected chi connectivity index (χ1v) is 8.72. The number of esters is 1. The Balaban J connectivity index is 2.09. The molecule has 2 aromatic carbocycles. The number of hydrogen-bond acceptors (Lipinski definition) is 6. The molecule has 0 spiro atoms. The van der Waals surface area contributed by atoms with Gasteiger partial charge in [0.2, 0.25) is 0 Å². The summed E-state index contributed by atoms with van der Waals surface area (Å²) in [6.07, 6.45) is 1.38. The summed E-state index contributed by atoms with van der Waals surface area (Å²) in [6, 6.07) is 11.8. The monoisotopic (exact) mass is 385 g/mol. The fourth-order valence-corrected chi connectivity index (χ4v) is 3.67. The highest BCUT2D eigenvalue weighted by Crippen LogP contribution is 2.35. The first kappa shape index (κ1) is 18.2. The van der Waals surface area contributed by atoms with Gasteiger partial charge in [-0.1, -0.05) is 30.3 Å². The van der Waals surface area contributed by atoms with Crippen LogP contribution >= 0.6 is 0 Å². The van der Waals surface area contributed by atoms with E-state index in [-0.39, 0.29) is 45.2 Å². The van der Waals surface area contributed by atoms with Crippen LogP contribution in [0.1, 0.15) is 53.5 Å². The molecule has 4 rings (SSSR count). The number of ketones is 2. The molecule has 0 atom stereocenters. The van der Waals surface area contributed by atoms with Crippen molar-refractivity contribution in [1.29, 1.82) is 5.26 Å². The van der Waals surface area contributed by atoms with Gasteiger partial charge in [0, 0.05) is 22.9 Å². The van der Waals surface area contributed by atoms with Crippen LogP contribution in [0, 0.1) is 18.3 Å². The zero-order valence-electron chi connectivity index (χ0n) is 15.6. The predicted molar refractivity (Wildman–Crippen MR) is 104 cm³/mol. The molecule has 0 fully saturated rings. The second kappa shape index (κ2) is 6.46. The topological polar surface area (TPSA) is 115 Å². The lowest BCUT2D eigenvalue weighted by Gasteiger charge is -2.23. The van der Waals surface area contributed by atoms with Gasteiger partial charge in [-0.05, 0) is 18.6 Å². The highest BCUT2D eigenvalue weighted by molar-refractivity contribution is 6.29. The molecule has 0 amide bonds. The molecule has 0 bridgehead atoms. The van der Waals surface area contributed by atoms with E-state index in [2.05, 4.69) is 0 Å². The lowest BCUT2D eigenvalue weighted by Crippen LogP contribution is -2.24. The average Bonchev–Trinajstić information content (AvgIpc) is 3.07. The van der Waals surface area contributed by atoms with E-state index < -0.39 is 5.97 Å². The maximum absolute atomic E-state index is 13.3. The molecule has 1 heterocycles. The number of methoxy groups -OCH3 is 1. The van der Waals surface area contributed by atoms with E-state index >= 15 is 0 Å². The molecule has 2 N–H and O–H groups in total. The number of fused-ring (bicyclic) bond motifs is 2. The highest BCUT2D eigenvalue weighted by atomic mass is 16.5. The van der Waals surface area contributed by atoms with Crippen molar-refractivity contribution in [2.75, 3.05) is 12.8 Å². The Labute approximate surface area is 165 Å². The minimum absolute atomic E-state index is 0.0497. The molecule has 0 saturated carbocycles. The summed E-state index contributed by atoms with van der Waals surface area (Å²) in [5, 5.41) is 9.37. The van der Waals surface area contributed by atoms with Gasteiger partial charge in [0.25, 0.3) is 0 Å². The average molecular weight is 385 g/mol. The van der Waals surface area contributed by atoms with Gasteiger partial charge >= 0.3 is 5.97 Å². The minimum Gasteiger partial charge on any atom is -0.464 e. The number of benzene rings is 2. The molecule has 0 unspecified atom stereocenters. The Morgan fingerprint density at radius 2 is 1.72 bits per heavy atom. The van der Waals surface area contributed by atoms with Gasteiger partial charge in [0.15, 0.2) is 17.3 Å². The zero-order chi connectivity index (χ0) is 20.9. The van der Waals surface area contributed by atoms with Crippen molar-refractivity contribution in [3.63, 3.8) is 0 Å². The van der Waals surface area contributed by atoms with Crippen molar-refractivity contribution in [1.82, 2.24) is 4.57 Å². The number of rotatable bonds is 2. The number of carbonyl (C=O) groups excluding carboxylic acids is 3. The molecule has 0 radical (unpaired) electrons. The Hall–Kier alpha value is -4.18. The number of anilines is 1. The lowest BCUT2D eigenvalue weighted by molar-refractivity contribution is 0.0592. The Morgan fingerprint density at radius 3 is 2.34 bits per heavy atom. The van der Waals surface area contributed by atoms with Crippen LogP contribution in [0.5, 0.6) is 0 Å². The van der Waals surface area contributed by atoms with Crippen LogP contribution in [0.25, 0.3) is 5.69 Å². The summed E-state index contributed by atoms with van der Waals surface area (Å²) in [5.74, 6) is -1.37. The van der Waals surface area contributed by atoms with Crippen LogP contribution in [0.3, 0.4) is 0 Å². The third-order valence-corrected chi connectivity index (χ3v) is 5.05. The van der Waals surface area contributed by atoms with Gasteiger partial charge in [-0.2, -0.15) is 5.26 Å². The Kier molecular flexibility index (Phi) is 4.05. The van der Waals surface area contributed by atoms with Gasteiger partial charge in [0.1, 0.15) is 6.07 Å². The fourth-order valence-electron chi connectivity index (χ4n) is 3.67. The second-order valence-electron chi connectivity index (χ2n) is 6.64. The summed E-state index contributed by atoms with van der Waals surface area (Å²) in [5.41, 5.74) is 7.92. The number of nitrogen functional groups attached to an aromatic ring is 1. The number of hydrogen-bond donors (Lipinski definition) is 1. The van der Waals surface area contributed by atoms with Crippen LogP contribution in [-0.4, -0.2) is 29.2 Å². The number of aryl methyl sites for hydroxylation is 1. The van der Waals surface area contributed by atoms with Crippen LogP contribution in [0.15, 0.2) is 42.6 Å². The van der Waals surface area contributed by atoms with E-state index in [0.717, 1.165) is 0 Å². The van der Waals surface area contributed by atoms with Crippen molar-refractivity contribution in [3.8, 4) is 11.8 Å². The molecular formula is C22H15N3O4. The van der Waals surface area contributed by atoms with Gasteiger partial charge in [0.05, 0.1) is 29.6 Å². The highest BCUT2D eigenvalue weighted by Gasteiger charge is 2.34. The number of nitrogens with two attached hydrogens (primary N) is 1. The minimum atomic E-state index is -0.754. The van der Waals surface area contributed by atoms with E-state index in [0.29, 0.717) is 16.8 Å².